The van der Waals surface area contributed by atoms with Gasteiger partial charge in [-0.1, -0.05) is 6.42 Å². The van der Waals surface area contributed by atoms with Crippen molar-refractivity contribution in [3.8, 4) is 0 Å². The molecule has 1 aliphatic heterocycles. The van der Waals surface area contributed by atoms with E-state index < -0.39 is 0 Å². The van der Waals surface area contributed by atoms with Gasteiger partial charge in [-0.3, -0.25) is 5.84 Å². The normalized spacial score (nSPS) is 33.0. The molecule has 1 unspecified atom stereocenters. The summed E-state index contributed by atoms with van der Waals surface area (Å²) in [4.78, 5) is 0. The van der Waals surface area contributed by atoms with Crippen LogP contribution in [0.25, 0.3) is 0 Å². The Balaban J connectivity index is 2.28. The zero-order valence-corrected chi connectivity index (χ0v) is 5.43. The van der Waals surface area contributed by atoms with E-state index in [0.717, 1.165) is 6.54 Å². The highest BCUT2D eigenvalue weighted by Crippen LogP contribution is 2.11. The van der Waals surface area contributed by atoms with Gasteiger partial charge in [0, 0.05) is 12.6 Å². The summed E-state index contributed by atoms with van der Waals surface area (Å²) in [6.45, 7) is 3.26. The van der Waals surface area contributed by atoms with Crippen LogP contribution in [0.15, 0.2) is 0 Å². The van der Waals surface area contributed by atoms with Crippen LogP contribution >= 0.6 is 0 Å². The third kappa shape index (κ3) is 1.20. The van der Waals surface area contributed by atoms with Gasteiger partial charge >= 0.3 is 0 Å². The highest BCUT2D eigenvalue weighted by atomic mass is 15.4. The van der Waals surface area contributed by atoms with Crippen LogP contribution in [0.1, 0.15) is 26.2 Å². The molecule has 0 saturated carbocycles. The minimum absolute atomic E-state index is 0.615. The lowest BCUT2D eigenvalue weighted by Gasteiger charge is -2.28. The summed E-state index contributed by atoms with van der Waals surface area (Å²) >= 11 is 0. The lowest BCUT2D eigenvalue weighted by atomic mass is 10.1. The first-order valence-corrected chi connectivity index (χ1v) is 3.32. The van der Waals surface area contributed by atoms with Gasteiger partial charge in [0.1, 0.15) is 0 Å². The van der Waals surface area contributed by atoms with Gasteiger partial charge in [0.05, 0.1) is 0 Å². The number of hydrogen-bond acceptors (Lipinski definition) is 2. The maximum absolute atomic E-state index is 5.61. The van der Waals surface area contributed by atoms with Gasteiger partial charge in [0.15, 0.2) is 0 Å². The first-order valence-electron chi connectivity index (χ1n) is 3.32. The van der Waals surface area contributed by atoms with Gasteiger partial charge in [0.2, 0.25) is 0 Å². The van der Waals surface area contributed by atoms with E-state index in [2.05, 4.69) is 6.92 Å². The van der Waals surface area contributed by atoms with Gasteiger partial charge < -0.3 is 0 Å². The molecule has 0 aliphatic carbocycles. The van der Waals surface area contributed by atoms with E-state index >= 15 is 0 Å². The lowest BCUT2D eigenvalue weighted by Crippen LogP contribution is -2.42. The van der Waals surface area contributed by atoms with Crippen molar-refractivity contribution in [1.82, 2.24) is 5.01 Å². The molecule has 0 aromatic carbocycles. The first-order chi connectivity index (χ1) is 3.80. The van der Waals surface area contributed by atoms with E-state index in [9.17, 15) is 0 Å². The van der Waals surface area contributed by atoms with E-state index in [0.29, 0.717) is 6.04 Å². The van der Waals surface area contributed by atoms with Gasteiger partial charge in [-0.2, -0.15) is 0 Å². The van der Waals surface area contributed by atoms with Crippen molar-refractivity contribution < 1.29 is 0 Å². The average molecular weight is 114 g/mol. The van der Waals surface area contributed by atoms with Crippen molar-refractivity contribution in [3.63, 3.8) is 0 Å². The topological polar surface area (TPSA) is 29.3 Å². The molecule has 0 radical (unpaired) electrons. The van der Waals surface area contributed by atoms with Crippen molar-refractivity contribution in [3.05, 3.63) is 0 Å². The largest absolute Gasteiger partial charge is 0.269 e. The molecule has 1 rings (SSSR count). The van der Waals surface area contributed by atoms with Crippen LogP contribution in [0.2, 0.25) is 0 Å². The summed E-state index contributed by atoms with van der Waals surface area (Å²) in [5.41, 5.74) is 0. The van der Waals surface area contributed by atoms with Gasteiger partial charge in [0.25, 0.3) is 0 Å². The Hall–Kier alpha value is -0.0800. The van der Waals surface area contributed by atoms with Crippen LogP contribution in [-0.4, -0.2) is 17.6 Å². The molecule has 0 bridgehead atoms. The van der Waals surface area contributed by atoms with E-state index in [1.807, 2.05) is 5.01 Å². The lowest BCUT2D eigenvalue weighted by molar-refractivity contribution is 0.164. The molecule has 1 saturated heterocycles. The molecule has 8 heavy (non-hydrogen) atoms. The summed E-state index contributed by atoms with van der Waals surface area (Å²) in [6.07, 6.45) is 3.91. The fourth-order valence-corrected chi connectivity index (χ4v) is 1.12. The second kappa shape index (κ2) is 2.46. The van der Waals surface area contributed by atoms with Crippen molar-refractivity contribution in [1.29, 1.82) is 0 Å². The quantitative estimate of drug-likeness (QED) is 0.470. The van der Waals surface area contributed by atoms with Crippen LogP contribution in [-0.2, 0) is 0 Å². The van der Waals surface area contributed by atoms with Crippen molar-refractivity contribution in [2.24, 2.45) is 5.84 Å². The predicted molar refractivity (Wildman–Crippen MR) is 34.2 cm³/mol. The van der Waals surface area contributed by atoms with Crippen LogP contribution < -0.4 is 5.84 Å². The fraction of sp³-hybridized carbons (Fsp3) is 1.00. The summed E-state index contributed by atoms with van der Waals surface area (Å²) in [7, 11) is 0. The van der Waals surface area contributed by atoms with E-state index in [-0.39, 0.29) is 0 Å². The maximum atomic E-state index is 5.61. The molecular formula is C6H14N2. The summed E-state index contributed by atoms with van der Waals surface area (Å²) in [5.74, 6) is 5.61. The maximum Gasteiger partial charge on any atom is 0.0212 e. The SMILES string of the molecule is CC1CCCCN1N. The number of rotatable bonds is 0. The summed E-state index contributed by atoms with van der Waals surface area (Å²) in [6, 6.07) is 0.615. The van der Waals surface area contributed by atoms with Gasteiger partial charge in [-0.25, -0.2) is 5.01 Å². The third-order valence-electron chi connectivity index (χ3n) is 1.85. The van der Waals surface area contributed by atoms with Gasteiger partial charge in [-0.05, 0) is 19.8 Å². The zero-order chi connectivity index (χ0) is 5.98. The highest BCUT2D eigenvalue weighted by Gasteiger charge is 2.13. The number of hydrazine groups is 1. The standard InChI is InChI=1S/C6H14N2/c1-6-4-2-3-5-8(6)7/h6H,2-5,7H2,1H3. The molecule has 48 valence electrons. The van der Waals surface area contributed by atoms with Crippen LogP contribution in [0.4, 0.5) is 0 Å². The molecule has 1 aliphatic rings. The van der Waals surface area contributed by atoms with Crippen molar-refractivity contribution >= 4 is 0 Å². The van der Waals surface area contributed by atoms with Crippen molar-refractivity contribution in [2.75, 3.05) is 6.54 Å². The number of nitrogens with zero attached hydrogens (tertiary/aromatic N) is 1. The zero-order valence-electron chi connectivity index (χ0n) is 5.43. The van der Waals surface area contributed by atoms with E-state index in [4.69, 9.17) is 5.84 Å². The number of nitrogens with two attached hydrogens (primary N) is 1. The number of hydrogen-bond donors (Lipinski definition) is 1. The molecular weight excluding hydrogens is 100 g/mol. The first kappa shape index (κ1) is 6.05. The second-order valence-electron chi connectivity index (χ2n) is 2.58. The Kier molecular flexibility index (Phi) is 1.86. The fourth-order valence-electron chi connectivity index (χ4n) is 1.12. The molecule has 1 atom stereocenters. The monoisotopic (exact) mass is 114 g/mol. The predicted octanol–water partition coefficient (Wildman–Crippen LogP) is 0.734. The Morgan fingerprint density at radius 1 is 1.50 bits per heavy atom. The molecule has 2 nitrogen and oxygen atoms in total. The molecule has 0 amide bonds. The summed E-state index contributed by atoms with van der Waals surface area (Å²) in [5, 5.41) is 1.93. The Morgan fingerprint density at radius 3 is 2.62 bits per heavy atom. The molecule has 0 aromatic rings. The Morgan fingerprint density at radius 2 is 2.25 bits per heavy atom. The number of piperidine rings is 1. The second-order valence-corrected chi connectivity index (χ2v) is 2.58. The van der Waals surface area contributed by atoms with Crippen LogP contribution in [0, 0.1) is 0 Å². The third-order valence-corrected chi connectivity index (χ3v) is 1.85. The molecule has 1 fully saturated rings. The minimum Gasteiger partial charge on any atom is -0.269 e. The molecule has 2 heteroatoms. The molecule has 0 spiro atoms. The smallest absolute Gasteiger partial charge is 0.0212 e. The highest BCUT2D eigenvalue weighted by molar-refractivity contribution is 4.66. The van der Waals surface area contributed by atoms with E-state index in [1.165, 1.54) is 19.3 Å². The van der Waals surface area contributed by atoms with Crippen LogP contribution in [0.3, 0.4) is 0 Å². The minimum atomic E-state index is 0.615. The van der Waals surface area contributed by atoms with E-state index in [1.54, 1.807) is 0 Å². The molecule has 0 aromatic heterocycles. The molecule has 1 heterocycles. The van der Waals surface area contributed by atoms with Crippen LogP contribution in [0.5, 0.6) is 0 Å². The average Bonchev–Trinajstić information content (AvgIpc) is 1.77. The Bertz CT molecular complexity index is 62.9. The van der Waals surface area contributed by atoms with Gasteiger partial charge in [-0.15, -0.1) is 0 Å². The summed E-state index contributed by atoms with van der Waals surface area (Å²) < 4.78 is 0. The van der Waals surface area contributed by atoms with Crippen molar-refractivity contribution in [2.45, 2.75) is 32.2 Å². The Labute approximate surface area is 50.6 Å². The molecule has 2 N–H and O–H groups in total.